The van der Waals surface area contributed by atoms with Gasteiger partial charge in [-0.05, 0) is 0 Å². The predicted octanol–water partition coefficient (Wildman–Crippen LogP) is -1.47. The highest BCUT2D eigenvalue weighted by Gasteiger charge is 2.31. The number of nitrogens with two attached hydrogens (primary N) is 1. The Kier molecular flexibility index (Phi) is 5.00. The second-order valence-electron chi connectivity index (χ2n) is 3.46. The van der Waals surface area contributed by atoms with Gasteiger partial charge in [-0.25, -0.2) is 4.79 Å². The molecule has 0 aromatic heterocycles. The van der Waals surface area contributed by atoms with Crippen molar-refractivity contribution in [2.24, 2.45) is 5.73 Å². The van der Waals surface area contributed by atoms with E-state index in [0.29, 0.717) is 19.7 Å². The van der Waals surface area contributed by atoms with E-state index in [1.165, 1.54) is 4.90 Å². The highest BCUT2D eigenvalue weighted by molar-refractivity contribution is 5.82. The highest BCUT2D eigenvalue weighted by Crippen LogP contribution is 2.09. The minimum Gasteiger partial charge on any atom is -0.443 e. The number of amides is 2. The van der Waals surface area contributed by atoms with Gasteiger partial charge >= 0.3 is 6.09 Å². The summed E-state index contributed by atoms with van der Waals surface area (Å²) in [6.07, 6.45) is -0.795. The summed E-state index contributed by atoms with van der Waals surface area (Å²) in [4.78, 5) is 24.0. The maximum atomic E-state index is 11.4. The van der Waals surface area contributed by atoms with Crippen LogP contribution < -0.4 is 11.1 Å². The number of ether oxygens (including phenoxy) is 2. The zero-order chi connectivity index (χ0) is 12.0. The lowest BCUT2D eigenvalue weighted by Gasteiger charge is -2.12. The van der Waals surface area contributed by atoms with Crippen LogP contribution in [0.15, 0.2) is 0 Å². The van der Waals surface area contributed by atoms with Gasteiger partial charge in [-0.2, -0.15) is 0 Å². The van der Waals surface area contributed by atoms with E-state index in [-0.39, 0.29) is 25.1 Å². The largest absolute Gasteiger partial charge is 0.443 e. The van der Waals surface area contributed by atoms with Gasteiger partial charge in [0.05, 0.1) is 13.2 Å². The van der Waals surface area contributed by atoms with Crippen molar-refractivity contribution in [3.05, 3.63) is 0 Å². The Bertz CT molecular complexity index is 259. The smallest absolute Gasteiger partial charge is 0.410 e. The van der Waals surface area contributed by atoms with E-state index in [0.717, 1.165) is 0 Å². The van der Waals surface area contributed by atoms with E-state index in [4.69, 9.17) is 15.2 Å². The first-order chi connectivity index (χ1) is 7.67. The van der Waals surface area contributed by atoms with E-state index in [2.05, 4.69) is 5.32 Å². The summed E-state index contributed by atoms with van der Waals surface area (Å²) in [5, 5.41) is 2.62. The lowest BCUT2D eigenvalue weighted by molar-refractivity contribution is -0.121. The van der Waals surface area contributed by atoms with Gasteiger partial charge in [0.1, 0.15) is 12.6 Å². The molecule has 0 aliphatic carbocycles. The van der Waals surface area contributed by atoms with E-state index in [1.54, 1.807) is 7.11 Å². The normalized spacial score (nSPS) is 19.8. The van der Waals surface area contributed by atoms with Crippen molar-refractivity contribution in [2.45, 2.75) is 6.10 Å². The summed E-state index contributed by atoms with van der Waals surface area (Å²) >= 11 is 0. The first kappa shape index (κ1) is 12.7. The van der Waals surface area contributed by atoms with Crippen LogP contribution in [0.1, 0.15) is 0 Å². The van der Waals surface area contributed by atoms with Crippen LogP contribution in [0.2, 0.25) is 0 Å². The molecule has 7 nitrogen and oxygen atoms in total. The van der Waals surface area contributed by atoms with Crippen LogP contribution in [-0.2, 0) is 14.3 Å². The molecule has 7 heteroatoms. The maximum absolute atomic E-state index is 11.4. The van der Waals surface area contributed by atoms with Gasteiger partial charge in [-0.3, -0.25) is 9.69 Å². The SMILES string of the molecule is COCCNC(=O)CN1CC(CN)OC1=O. The topological polar surface area (TPSA) is 93.9 Å². The highest BCUT2D eigenvalue weighted by atomic mass is 16.6. The van der Waals surface area contributed by atoms with Crippen molar-refractivity contribution < 1.29 is 19.1 Å². The molecule has 1 heterocycles. The summed E-state index contributed by atoms with van der Waals surface area (Å²) in [6.45, 7) is 1.51. The fourth-order valence-corrected chi connectivity index (χ4v) is 1.35. The second-order valence-corrected chi connectivity index (χ2v) is 3.46. The standard InChI is InChI=1S/C9H17N3O4/c1-15-3-2-11-8(13)6-12-5-7(4-10)16-9(12)14/h7H,2-6,10H2,1H3,(H,11,13). The van der Waals surface area contributed by atoms with Crippen molar-refractivity contribution in [1.82, 2.24) is 10.2 Å². The Balaban J connectivity index is 2.26. The molecular formula is C9H17N3O4. The number of nitrogens with zero attached hydrogens (tertiary/aromatic N) is 1. The molecule has 16 heavy (non-hydrogen) atoms. The molecule has 0 radical (unpaired) electrons. The number of cyclic esters (lactones) is 1. The average molecular weight is 231 g/mol. The molecule has 1 aliphatic heterocycles. The van der Waals surface area contributed by atoms with E-state index in [1.807, 2.05) is 0 Å². The van der Waals surface area contributed by atoms with Gasteiger partial charge in [0.25, 0.3) is 0 Å². The number of nitrogens with one attached hydrogen (secondary N) is 1. The van der Waals surface area contributed by atoms with Crippen molar-refractivity contribution in [1.29, 1.82) is 0 Å². The molecule has 3 N–H and O–H groups in total. The summed E-state index contributed by atoms with van der Waals surface area (Å²) in [6, 6.07) is 0. The van der Waals surface area contributed by atoms with Gasteiger partial charge in [-0.1, -0.05) is 0 Å². The molecule has 0 aromatic rings. The molecule has 0 bridgehead atoms. The molecule has 1 atom stereocenters. The summed E-state index contributed by atoms with van der Waals surface area (Å²) < 4.78 is 9.69. The van der Waals surface area contributed by atoms with Crippen LogP contribution in [0, 0.1) is 0 Å². The third-order valence-corrected chi connectivity index (χ3v) is 2.18. The van der Waals surface area contributed by atoms with Crippen molar-refractivity contribution >= 4 is 12.0 Å². The Morgan fingerprint density at radius 2 is 2.50 bits per heavy atom. The first-order valence-corrected chi connectivity index (χ1v) is 5.08. The fourth-order valence-electron chi connectivity index (χ4n) is 1.35. The van der Waals surface area contributed by atoms with Crippen molar-refractivity contribution in [3.8, 4) is 0 Å². The van der Waals surface area contributed by atoms with Crippen molar-refractivity contribution in [3.63, 3.8) is 0 Å². The first-order valence-electron chi connectivity index (χ1n) is 5.08. The van der Waals surface area contributed by atoms with Crippen LogP contribution in [0.5, 0.6) is 0 Å². The lowest BCUT2D eigenvalue weighted by Crippen LogP contribution is -2.39. The number of hydrogen-bond donors (Lipinski definition) is 2. The van der Waals surface area contributed by atoms with Crippen LogP contribution in [0.4, 0.5) is 4.79 Å². The van der Waals surface area contributed by atoms with E-state index < -0.39 is 6.09 Å². The molecule has 0 aromatic carbocycles. The average Bonchev–Trinajstić information content (AvgIpc) is 2.60. The quantitative estimate of drug-likeness (QED) is 0.544. The molecule has 0 spiro atoms. The van der Waals surface area contributed by atoms with Crippen LogP contribution in [0.3, 0.4) is 0 Å². The van der Waals surface area contributed by atoms with Gasteiger partial charge in [0.2, 0.25) is 5.91 Å². The summed E-state index contributed by atoms with van der Waals surface area (Å²) in [5.74, 6) is -0.230. The Labute approximate surface area is 93.9 Å². The lowest BCUT2D eigenvalue weighted by atomic mass is 10.3. The Morgan fingerprint density at radius 1 is 1.75 bits per heavy atom. The number of hydrogen-bond acceptors (Lipinski definition) is 5. The third kappa shape index (κ3) is 3.67. The number of methoxy groups -OCH3 is 1. The van der Waals surface area contributed by atoms with Gasteiger partial charge in [-0.15, -0.1) is 0 Å². The molecular weight excluding hydrogens is 214 g/mol. The summed E-state index contributed by atoms with van der Waals surface area (Å²) in [5.41, 5.74) is 5.37. The number of carbonyl (C=O) groups is 2. The third-order valence-electron chi connectivity index (χ3n) is 2.18. The fraction of sp³-hybridized carbons (Fsp3) is 0.778. The monoisotopic (exact) mass is 231 g/mol. The molecule has 1 rings (SSSR count). The summed E-state index contributed by atoms with van der Waals surface area (Å²) in [7, 11) is 1.55. The molecule has 1 unspecified atom stereocenters. The Hall–Kier alpha value is -1.34. The predicted molar refractivity (Wildman–Crippen MR) is 55.8 cm³/mol. The Morgan fingerprint density at radius 3 is 3.06 bits per heavy atom. The zero-order valence-electron chi connectivity index (χ0n) is 9.27. The molecule has 2 amide bonds. The van der Waals surface area contributed by atoms with Crippen molar-refractivity contribution in [2.75, 3.05) is 39.9 Å². The minimum atomic E-state index is -0.489. The van der Waals surface area contributed by atoms with Gasteiger partial charge in [0, 0.05) is 20.2 Å². The van der Waals surface area contributed by atoms with Crippen LogP contribution >= 0.6 is 0 Å². The number of rotatable bonds is 6. The molecule has 1 saturated heterocycles. The molecule has 1 aliphatic rings. The molecule has 0 saturated carbocycles. The van der Waals surface area contributed by atoms with Gasteiger partial charge < -0.3 is 20.5 Å². The van der Waals surface area contributed by atoms with E-state index in [9.17, 15) is 9.59 Å². The molecule has 92 valence electrons. The second kappa shape index (κ2) is 6.29. The minimum absolute atomic E-state index is 0.000945. The number of carbonyl (C=O) groups excluding carboxylic acids is 2. The molecule has 1 fully saturated rings. The maximum Gasteiger partial charge on any atom is 0.410 e. The van der Waals surface area contributed by atoms with Gasteiger partial charge in [0.15, 0.2) is 0 Å². The van der Waals surface area contributed by atoms with Crippen LogP contribution in [0.25, 0.3) is 0 Å². The van der Waals surface area contributed by atoms with Crippen LogP contribution in [-0.4, -0.2) is 62.9 Å². The van der Waals surface area contributed by atoms with E-state index >= 15 is 0 Å². The zero-order valence-corrected chi connectivity index (χ0v) is 9.27.